The van der Waals surface area contributed by atoms with E-state index in [1.807, 2.05) is 6.07 Å². The van der Waals surface area contributed by atoms with E-state index >= 15 is 0 Å². The zero-order valence-corrected chi connectivity index (χ0v) is 14.4. The molecule has 1 aromatic carbocycles. The zero-order valence-electron chi connectivity index (χ0n) is 13.7. The number of rotatable bonds is 7. The second-order valence-electron chi connectivity index (χ2n) is 5.31. The number of unbranched alkanes of at least 4 members (excludes halogenated alkanes) is 1. The molecule has 1 N–H and O–H groups in total. The predicted octanol–water partition coefficient (Wildman–Crippen LogP) is 4.11. The third-order valence-corrected chi connectivity index (χ3v) is 3.99. The van der Waals surface area contributed by atoms with Gasteiger partial charge in [-0.15, -0.1) is 0 Å². The Bertz CT molecular complexity index is 753. The largest absolute Gasteiger partial charge is 0.497 e. The number of aryl methyl sites for hydroxylation is 1. The van der Waals surface area contributed by atoms with Crippen LogP contribution in [0.4, 0.5) is 4.79 Å². The minimum atomic E-state index is -0.825. The smallest absolute Gasteiger partial charge is 0.418 e. The summed E-state index contributed by atoms with van der Waals surface area (Å²) in [6.45, 7) is 2.00. The molecular weight excluding hydrogens is 334 g/mol. The normalized spacial score (nSPS) is 10.8. The van der Waals surface area contributed by atoms with Gasteiger partial charge in [-0.25, -0.2) is 9.36 Å². The number of benzene rings is 1. The number of hydrogen-bond donors (Lipinski definition) is 1. The monoisotopic (exact) mass is 353 g/mol. The molecule has 0 atom stereocenters. The van der Waals surface area contributed by atoms with Gasteiger partial charge in [0.1, 0.15) is 5.75 Å². The first-order valence-electron chi connectivity index (χ1n) is 7.74. The standard InChI is InChI=1S/C17H20ClNO5/c1-3-24-17(22)19-11(6-4-5-7-16(20)21)8-13-14(18)9-12(23-2)10-15(13)19/h8-10H,3-7H2,1-2H3,(H,20,21). The Hall–Kier alpha value is -2.21. The lowest BCUT2D eigenvalue weighted by molar-refractivity contribution is -0.137. The molecule has 0 saturated carbocycles. The number of aromatic nitrogens is 1. The quantitative estimate of drug-likeness (QED) is 0.758. The van der Waals surface area contributed by atoms with Gasteiger partial charge >= 0.3 is 12.1 Å². The Morgan fingerprint density at radius 1 is 1.25 bits per heavy atom. The first-order valence-corrected chi connectivity index (χ1v) is 8.12. The second-order valence-corrected chi connectivity index (χ2v) is 5.72. The van der Waals surface area contributed by atoms with E-state index in [1.165, 1.54) is 11.7 Å². The molecule has 0 aliphatic heterocycles. The Morgan fingerprint density at radius 2 is 2.00 bits per heavy atom. The number of halogens is 1. The molecule has 24 heavy (non-hydrogen) atoms. The summed E-state index contributed by atoms with van der Waals surface area (Å²) in [6, 6.07) is 5.27. The van der Waals surface area contributed by atoms with E-state index < -0.39 is 12.1 Å². The lowest BCUT2D eigenvalue weighted by Gasteiger charge is -2.10. The molecule has 1 aromatic heterocycles. The van der Waals surface area contributed by atoms with Crippen LogP contribution in [0.5, 0.6) is 5.75 Å². The zero-order chi connectivity index (χ0) is 17.7. The van der Waals surface area contributed by atoms with Crippen LogP contribution in [0, 0.1) is 0 Å². The molecule has 2 rings (SSSR count). The summed E-state index contributed by atoms with van der Waals surface area (Å²) in [4.78, 5) is 23.0. The minimum Gasteiger partial charge on any atom is -0.497 e. The van der Waals surface area contributed by atoms with E-state index in [-0.39, 0.29) is 13.0 Å². The third-order valence-electron chi connectivity index (χ3n) is 3.68. The summed E-state index contributed by atoms with van der Waals surface area (Å²) in [5.41, 5.74) is 1.36. The molecule has 1 heterocycles. The molecule has 0 saturated heterocycles. The van der Waals surface area contributed by atoms with Crippen molar-refractivity contribution in [1.82, 2.24) is 4.57 Å². The Morgan fingerprint density at radius 3 is 2.62 bits per heavy atom. The van der Waals surface area contributed by atoms with Crippen molar-refractivity contribution in [3.63, 3.8) is 0 Å². The molecule has 0 unspecified atom stereocenters. The number of hydrogen-bond acceptors (Lipinski definition) is 4. The predicted molar refractivity (Wildman–Crippen MR) is 91.1 cm³/mol. The number of carboxylic acid groups (broad SMARTS) is 1. The van der Waals surface area contributed by atoms with Crippen molar-refractivity contribution in [2.45, 2.75) is 32.6 Å². The van der Waals surface area contributed by atoms with Gasteiger partial charge in [-0.05, 0) is 38.3 Å². The van der Waals surface area contributed by atoms with Gasteiger partial charge in [-0.2, -0.15) is 0 Å². The average Bonchev–Trinajstić information content (AvgIpc) is 2.90. The lowest BCUT2D eigenvalue weighted by atomic mass is 10.1. The fraction of sp³-hybridized carbons (Fsp3) is 0.412. The highest BCUT2D eigenvalue weighted by atomic mass is 35.5. The van der Waals surface area contributed by atoms with E-state index in [4.69, 9.17) is 26.2 Å². The van der Waals surface area contributed by atoms with Crippen LogP contribution in [-0.4, -0.2) is 35.5 Å². The first kappa shape index (κ1) is 18.1. The Balaban J connectivity index is 2.40. The van der Waals surface area contributed by atoms with Crippen molar-refractivity contribution in [1.29, 1.82) is 0 Å². The SMILES string of the molecule is CCOC(=O)n1c(CCCCC(=O)O)cc2c(Cl)cc(OC)cc21. The maximum Gasteiger partial charge on any atom is 0.418 e. The fourth-order valence-corrected chi connectivity index (χ4v) is 2.84. The molecule has 0 bridgehead atoms. The highest BCUT2D eigenvalue weighted by Crippen LogP contribution is 2.32. The summed E-state index contributed by atoms with van der Waals surface area (Å²) in [6.07, 6.45) is 1.37. The number of carbonyl (C=O) groups excluding carboxylic acids is 1. The van der Waals surface area contributed by atoms with Crippen LogP contribution >= 0.6 is 11.6 Å². The van der Waals surface area contributed by atoms with Crippen LogP contribution in [-0.2, 0) is 16.0 Å². The highest BCUT2D eigenvalue weighted by Gasteiger charge is 2.18. The van der Waals surface area contributed by atoms with Gasteiger partial charge in [0, 0.05) is 23.6 Å². The van der Waals surface area contributed by atoms with Crippen molar-refractivity contribution < 1.29 is 24.2 Å². The first-order chi connectivity index (χ1) is 11.5. The Labute approximate surface area is 144 Å². The van der Waals surface area contributed by atoms with E-state index in [9.17, 15) is 9.59 Å². The van der Waals surface area contributed by atoms with Gasteiger partial charge < -0.3 is 14.6 Å². The maximum atomic E-state index is 12.4. The topological polar surface area (TPSA) is 77.8 Å². The van der Waals surface area contributed by atoms with Gasteiger partial charge in [0.15, 0.2) is 0 Å². The van der Waals surface area contributed by atoms with Gasteiger partial charge in [0.25, 0.3) is 0 Å². The van der Waals surface area contributed by atoms with Gasteiger partial charge in [0.05, 0.1) is 24.3 Å². The number of nitrogens with zero attached hydrogens (tertiary/aromatic N) is 1. The number of ether oxygens (including phenoxy) is 2. The minimum absolute atomic E-state index is 0.105. The molecule has 0 radical (unpaired) electrons. The summed E-state index contributed by atoms with van der Waals surface area (Å²) >= 11 is 6.29. The molecule has 0 fully saturated rings. The van der Waals surface area contributed by atoms with E-state index in [2.05, 4.69) is 0 Å². The average molecular weight is 354 g/mol. The fourth-order valence-electron chi connectivity index (χ4n) is 2.58. The van der Waals surface area contributed by atoms with E-state index in [0.717, 1.165) is 11.1 Å². The van der Waals surface area contributed by atoms with Crippen molar-refractivity contribution in [3.05, 3.63) is 28.9 Å². The van der Waals surface area contributed by atoms with Crippen molar-refractivity contribution in [2.75, 3.05) is 13.7 Å². The number of aliphatic carboxylic acids is 1. The van der Waals surface area contributed by atoms with Crippen LogP contribution in [0.25, 0.3) is 10.9 Å². The molecule has 0 spiro atoms. The van der Waals surface area contributed by atoms with Gasteiger partial charge in [-0.1, -0.05) is 11.6 Å². The van der Waals surface area contributed by atoms with Crippen molar-refractivity contribution in [3.8, 4) is 5.75 Å². The molecule has 0 aliphatic rings. The molecule has 0 aliphatic carbocycles. The molecule has 130 valence electrons. The second kappa shape index (κ2) is 8.06. The van der Waals surface area contributed by atoms with Crippen LogP contribution in [0.2, 0.25) is 5.02 Å². The highest BCUT2D eigenvalue weighted by molar-refractivity contribution is 6.35. The van der Waals surface area contributed by atoms with Crippen LogP contribution in [0.3, 0.4) is 0 Å². The van der Waals surface area contributed by atoms with Crippen LogP contribution in [0.1, 0.15) is 31.9 Å². The number of methoxy groups -OCH3 is 1. The molecule has 0 amide bonds. The Kier molecular flexibility index (Phi) is 6.09. The van der Waals surface area contributed by atoms with Crippen LogP contribution < -0.4 is 4.74 Å². The summed E-state index contributed by atoms with van der Waals surface area (Å²) < 4.78 is 11.8. The molecular formula is C17H20ClNO5. The summed E-state index contributed by atoms with van der Waals surface area (Å²) in [5.74, 6) is -0.276. The summed E-state index contributed by atoms with van der Waals surface area (Å²) in [7, 11) is 1.53. The van der Waals surface area contributed by atoms with Crippen molar-refractivity contribution in [2.24, 2.45) is 0 Å². The number of carbonyl (C=O) groups is 2. The number of fused-ring (bicyclic) bond motifs is 1. The molecule has 6 nitrogen and oxygen atoms in total. The lowest BCUT2D eigenvalue weighted by Crippen LogP contribution is -2.16. The summed E-state index contributed by atoms with van der Waals surface area (Å²) in [5, 5.41) is 9.94. The van der Waals surface area contributed by atoms with Crippen LogP contribution in [0.15, 0.2) is 18.2 Å². The maximum absolute atomic E-state index is 12.4. The molecule has 2 aromatic rings. The van der Waals surface area contributed by atoms with Crippen molar-refractivity contribution >= 4 is 34.6 Å². The molecule has 7 heteroatoms. The van der Waals surface area contributed by atoms with E-state index in [0.29, 0.717) is 35.6 Å². The number of carboxylic acids is 1. The van der Waals surface area contributed by atoms with Gasteiger partial charge in [-0.3, -0.25) is 4.79 Å². The third kappa shape index (κ3) is 4.00. The van der Waals surface area contributed by atoms with E-state index in [1.54, 1.807) is 19.1 Å². The van der Waals surface area contributed by atoms with Gasteiger partial charge in [0.2, 0.25) is 0 Å².